The molecule has 0 bridgehead atoms. The Morgan fingerprint density at radius 3 is 2.11 bits per heavy atom. The Morgan fingerprint density at radius 2 is 1.63 bits per heavy atom. The number of rotatable bonds is 6. The van der Waals surface area contributed by atoms with Crippen LogP contribution < -0.4 is 5.32 Å². The highest BCUT2D eigenvalue weighted by Gasteiger charge is 2.35. The Labute approximate surface area is 107 Å². The summed E-state index contributed by atoms with van der Waals surface area (Å²) in [4.78, 5) is 0. The fourth-order valence-corrected chi connectivity index (χ4v) is 1.55. The summed E-state index contributed by atoms with van der Waals surface area (Å²) in [5.41, 5.74) is 0.272. The maximum Gasteiger partial charge on any atom is 0.390 e. The average Bonchev–Trinajstić information content (AvgIpc) is 2.34. The summed E-state index contributed by atoms with van der Waals surface area (Å²) >= 11 is 0. The molecule has 0 aliphatic carbocycles. The summed E-state index contributed by atoms with van der Waals surface area (Å²) in [6.45, 7) is -2.42. The lowest BCUT2D eigenvalue weighted by atomic mass is 10.0. The van der Waals surface area contributed by atoms with Crippen LogP contribution in [0.15, 0.2) is 30.3 Å². The van der Waals surface area contributed by atoms with E-state index in [4.69, 9.17) is 5.11 Å². The quantitative estimate of drug-likeness (QED) is 0.787. The molecule has 0 amide bonds. The van der Waals surface area contributed by atoms with Gasteiger partial charge in [0.1, 0.15) is 6.61 Å². The molecule has 0 aliphatic rings. The van der Waals surface area contributed by atoms with Crippen molar-refractivity contribution in [1.82, 2.24) is 5.32 Å². The van der Waals surface area contributed by atoms with Crippen molar-refractivity contribution in [1.29, 1.82) is 0 Å². The normalized spacial score (nSPS) is 14.4. The maximum absolute atomic E-state index is 12.9. The van der Waals surface area contributed by atoms with Crippen LogP contribution in [0.3, 0.4) is 0 Å². The van der Waals surface area contributed by atoms with Gasteiger partial charge in [-0.25, -0.2) is 8.78 Å². The predicted molar refractivity (Wildman–Crippen MR) is 59.9 cm³/mol. The molecule has 1 aromatic carbocycles. The molecule has 1 rings (SSSR count). The third-order valence-electron chi connectivity index (χ3n) is 2.48. The van der Waals surface area contributed by atoms with Gasteiger partial charge in [-0.15, -0.1) is 0 Å². The van der Waals surface area contributed by atoms with Crippen LogP contribution in [0.4, 0.5) is 22.0 Å². The molecule has 0 aliphatic heterocycles. The highest BCUT2D eigenvalue weighted by molar-refractivity contribution is 5.19. The van der Waals surface area contributed by atoms with Gasteiger partial charge in [-0.3, -0.25) is 0 Å². The molecule has 1 unspecified atom stereocenters. The van der Waals surface area contributed by atoms with Crippen LogP contribution in [-0.2, 0) is 0 Å². The second-order valence-corrected chi connectivity index (χ2v) is 4.18. The molecular weight excluding hydrogens is 269 g/mol. The first kappa shape index (κ1) is 15.8. The fraction of sp³-hybridized carbons (Fsp3) is 0.500. The van der Waals surface area contributed by atoms with Crippen molar-refractivity contribution in [3.8, 4) is 0 Å². The zero-order valence-corrected chi connectivity index (χ0v) is 9.92. The SMILES string of the molecule is OCC(F)(F)CNC(CC(F)(F)F)c1ccccc1. The minimum absolute atomic E-state index is 0.272. The van der Waals surface area contributed by atoms with Crippen molar-refractivity contribution in [2.24, 2.45) is 0 Å². The minimum atomic E-state index is -4.47. The third-order valence-corrected chi connectivity index (χ3v) is 2.48. The number of alkyl halides is 5. The van der Waals surface area contributed by atoms with Crippen LogP contribution >= 0.6 is 0 Å². The van der Waals surface area contributed by atoms with Crippen LogP contribution in [-0.4, -0.2) is 30.4 Å². The lowest BCUT2D eigenvalue weighted by Crippen LogP contribution is -2.39. The Morgan fingerprint density at radius 1 is 1.05 bits per heavy atom. The summed E-state index contributed by atoms with van der Waals surface area (Å²) in [7, 11) is 0. The summed E-state index contributed by atoms with van der Waals surface area (Å²) in [5, 5.41) is 10.6. The number of benzene rings is 1. The monoisotopic (exact) mass is 283 g/mol. The van der Waals surface area contributed by atoms with E-state index in [0.717, 1.165) is 0 Å². The third kappa shape index (κ3) is 5.98. The molecular formula is C12H14F5NO. The summed E-state index contributed by atoms with van der Waals surface area (Å²) in [6, 6.07) is 6.28. The van der Waals surface area contributed by atoms with Crippen LogP contribution in [0.5, 0.6) is 0 Å². The summed E-state index contributed by atoms with van der Waals surface area (Å²) < 4.78 is 63.0. The predicted octanol–water partition coefficient (Wildman–Crippen LogP) is 2.90. The van der Waals surface area contributed by atoms with Gasteiger partial charge in [0.25, 0.3) is 5.92 Å². The average molecular weight is 283 g/mol. The van der Waals surface area contributed by atoms with Crippen LogP contribution in [0.25, 0.3) is 0 Å². The van der Waals surface area contributed by atoms with Crippen LogP contribution in [0.2, 0.25) is 0 Å². The van der Waals surface area contributed by atoms with Crippen molar-refractivity contribution in [3.05, 3.63) is 35.9 Å². The van der Waals surface area contributed by atoms with E-state index in [1.54, 1.807) is 6.07 Å². The lowest BCUT2D eigenvalue weighted by Gasteiger charge is -2.23. The van der Waals surface area contributed by atoms with E-state index in [2.05, 4.69) is 5.32 Å². The molecule has 1 atom stereocenters. The van der Waals surface area contributed by atoms with Crippen molar-refractivity contribution in [2.45, 2.75) is 24.6 Å². The molecule has 0 spiro atoms. The summed E-state index contributed by atoms with van der Waals surface area (Å²) in [6.07, 6.45) is -5.72. The van der Waals surface area contributed by atoms with Gasteiger partial charge in [-0.2, -0.15) is 13.2 Å². The van der Waals surface area contributed by atoms with Crippen molar-refractivity contribution < 1.29 is 27.1 Å². The Hall–Kier alpha value is -1.21. The highest BCUT2D eigenvalue weighted by atomic mass is 19.4. The minimum Gasteiger partial charge on any atom is -0.390 e. The molecule has 7 heteroatoms. The number of nitrogens with one attached hydrogen (secondary N) is 1. The first-order valence-corrected chi connectivity index (χ1v) is 5.57. The lowest BCUT2D eigenvalue weighted by molar-refractivity contribution is -0.142. The van der Waals surface area contributed by atoms with Gasteiger partial charge in [0.15, 0.2) is 0 Å². The van der Waals surface area contributed by atoms with Gasteiger partial charge in [-0.1, -0.05) is 30.3 Å². The number of hydrogen-bond acceptors (Lipinski definition) is 2. The standard InChI is InChI=1S/C12H14F5NO/c13-11(14,8-19)7-18-10(6-12(15,16)17)9-4-2-1-3-5-9/h1-5,10,18-19H,6-8H2. The van der Waals surface area contributed by atoms with E-state index in [9.17, 15) is 22.0 Å². The largest absolute Gasteiger partial charge is 0.390 e. The molecule has 2 nitrogen and oxygen atoms in total. The second kappa shape index (κ2) is 6.29. The zero-order valence-electron chi connectivity index (χ0n) is 9.92. The molecule has 0 saturated heterocycles. The second-order valence-electron chi connectivity index (χ2n) is 4.18. The van der Waals surface area contributed by atoms with Gasteiger partial charge in [-0.05, 0) is 5.56 Å². The van der Waals surface area contributed by atoms with Crippen LogP contribution in [0.1, 0.15) is 18.0 Å². The topological polar surface area (TPSA) is 32.3 Å². The van der Waals surface area contributed by atoms with Gasteiger partial charge < -0.3 is 10.4 Å². The van der Waals surface area contributed by atoms with E-state index >= 15 is 0 Å². The molecule has 108 valence electrons. The molecule has 0 fully saturated rings. The molecule has 19 heavy (non-hydrogen) atoms. The van der Waals surface area contributed by atoms with E-state index < -0.39 is 37.7 Å². The Kier molecular flexibility index (Phi) is 5.25. The van der Waals surface area contributed by atoms with Crippen molar-refractivity contribution in [3.63, 3.8) is 0 Å². The maximum atomic E-state index is 12.9. The van der Waals surface area contributed by atoms with Crippen LogP contribution in [0, 0.1) is 0 Å². The summed E-state index contributed by atoms with van der Waals surface area (Å²) in [5.74, 6) is -3.45. The Balaban J connectivity index is 2.77. The molecule has 0 saturated carbocycles. The number of halogens is 5. The highest BCUT2D eigenvalue weighted by Crippen LogP contribution is 2.29. The first-order valence-electron chi connectivity index (χ1n) is 5.57. The molecule has 1 aromatic rings. The van der Waals surface area contributed by atoms with E-state index in [1.807, 2.05) is 0 Å². The van der Waals surface area contributed by atoms with E-state index in [1.165, 1.54) is 24.3 Å². The van der Waals surface area contributed by atoms with E-state index in [-0.39, 0.29) is 5.56 Å². The van der Waals surface area contributed by atoms with Crippen molar-refractivity contribution >= 4 is 0 Å². The van der Waals surface area contributed by atoms with Gasteiger partial charge in [0.2, 0.25) is 0 Å². The number of hydrogen-bond donors (Lipinski definition) is 2. The van der Waals surface area contributed by atoms with Gasteiger partial charge in [0.05, 0.1) is 13.0 Å². The Bertz CT molecular complexity index is 379. The van der Waals surface area contributed by atoms with Crippen molar-refractivity contribution in [2.75, 3.05) is 13.2 Å². The zero-order chi connectivity index (χ0) is 14.5. The number of aliphatic hydroxyl groups excluding tert-OH is 1. The molecule has 0 radical (unpaired) electrons. The van der Waals surface area contributed by atoms with Gasteiger partial charge in [0, 0.05) is 6.04 Å². The molecule has 0 aromatic heterocycles. The fourth-order valence-electron chi connectivity index (χ4n) is 1.55. The first-order chi connectivity index (χ1) is 8.73. The van der Waals surface area contributed by atoms with E-state index in [0.29, 0.717) is 0 Å². The smallest absolute Gasteiger partial charge is 0.390 e. The molecule has 2 N–H and O–H groups in total. The number of aliphatic hydroxyl groups is 1. The van der Waals surface area contributed by atoms with Gasteiger partial charge >= 0.3 is 6.18 Å². The molecule has 0 heterocycles.